The average Bonchev–Trinajstić information content (AvgIpc) is 2.94. The first kappa shape index (κ1) is 16.1. The van der Waals surface area contributed by atoms with Gasteiger partial charge < -0.3 is 19.9 Å². The Labute approximate surface area is 125 Å². The monoisotopic (exact) mass is 299 g/mol. The minimum atomic E-state index is -0.772. The van der Waals surface area contributed by atoms with E-state index in [-0.39, 0.29) is 12.0 Å². The number of aliphatic carboxylic acids is 1. The summed E-state index contributed by atoms with van der Waals surface area (Å²) in [7, 11) is 0. The van der Waals surface area contributed by atoms with Crippen LogP contribution in [-0.4, -0.2) is 42.0 Å². The number of carboxylic acid groups (broad SMARTS) is 1. The maximum atomic E-state index is 11.8. The van der Waals surface area contributed by atoms with Crippen molar-refractivity contribution in [2.24, 2.45) is 11.3 Å². The zero-order valence-corrected chi connectivity index (χ0v) is 13.0. The lowest BCUT2D eigenvalue weighted by molar-refractivity contribution is -0.152. The van der Waals surface area contributed by atoms with Crippen molar-refractivity contribution in [1.29, 1.82) is 0 Å². The van der Waals surface area contributed by atoms with E-state index in [4.69, 9.17) is 9.47 Å². The molecule has 1 saturated carbocycles. The second kappa shape index (κ2) is 5.83. The van der Waals surface area contributed by atoms with Crippen molar-refractivity contribution < 1.29 is 24.2 Å². The summed E-state index contributed by atoms with van der Waals surface area (Å²) < 4.78 is 10.6. The van der Waals surface area contributed by atoms with Crippen molar-refractivity contribution in [3.05, 3.63) is 0 Å². The highest BCUT2D eigenvalue weighted by atomic mass is 16.6. The molecule has 1 aliphatic heterocycles. The molecule has 1 heterocycles. The summed E-state index contributed by atoms with van der Waals surface area (Å²) in [5.74, 6) is -0.730. The van der Waals surface area contributed by atoms with Crippen LogP contribution in [0.15, 0.2) is 0 Å². The number of hydrogen-bond donors (Lipinski definition) is 2. The number of ether oxygens (including phenoxy) is 2. The molecule has 3 atom stereocenters. The number of rotatable bonds is 3. The van der Waals surface area contributed by atoms with Gasteiger partial charge in [-0.05, 0) is 46.5 Å². The number of hydrogen-bond acceptors (Lipinski definition) is 4. The predicted molar refractivity (Wildman–Crippen MR) is 76.0 cm³/mol. The van der Waals surface area contributed by atoms with Crippen LogP contribution in [0.4, 0.5) is 4.79 Å². The molecule has 120 valence electrons. The largest absolute Gasteiger partial charge is 0.481 e. The van der Waals surface area contributed by atoms with Gasteiger partial charge in [-0.3, -0.25) is 4.79 Å². The molecule has 1 saturated heterocycles. The van der Waals surface area contributed by atoms with E-state index in [1.807, 2.05) is 0 Å². The molecule has 1 aliphatic carbocycles. The van der Waals surface area contributed by atoms with Gasteiger partial charge in [0.05, 0.1) is 12.0 Å². The molecule has 6 nitrogen and oxygen atoms in total. The van der Waals surface area contributed by atoms with Crippen LogP contribution < -0.4 is 5.32 Å². The zero-order chi connectivity index (χ0) is 15.7. The third kappa shape index (κ3) is 3.67. The Morgan fingerprint density at radius 1 is 1.33 bits per heavy atom. The van der Waals surface area contributed by atoms with Gasteiger partial charge in [0.25, 0.3) is 0 Å². The Morgan fingerprint density at radius 2 is 2.05 bits per heavy atom. The van der Waals surface area contributed by atoms with Crippen LogP contribution in [0.1, 0.15) is 46.5 Å². The van der Waals surface area contributed by atoms with Crippen LogP contribution >= 0.6 is 0 Å². The molecule has 2 aliphatic rings. The van der Waals surface area contributed by atoms with Gasteiger partial charge in [0.15, 0.2) is 0 Å². The molecule has 0 aromatic carbocycles. The van der Waals surface area contributed by atoms with Crippen LogP contribution in [0, 0.1) is 11.3 Å². The van der Waals surface area contributed by atoms with E-state index in [1.165, 1.54) is 0 Å². The fourth-order valence-corrected chi connectivity index (χ4v) is 3.38. The van der Waals surface area contributed by atoms with Gasteiger partial charge in [0.2, 0.25) is 0 Å². The highest BCUT2D eigenvalue weighted by Crippen LogP contribution is 2.47. The van der Waals surface area contributed by atoms with Crippen LogP contribution in [0.5, 0.6) is 0 Å². The molecule has 0 aromatic heterocycles. The molecule has 2 rings (SSSR count). The van der Waals surface area contributed by atoms with Crippen molar-refractivity contribution in [2.45, 2.75) is 58.1 Å². The third-order valence-electron chi connectivity index (χ3n) is 4.41. The van der Waals surface area contributed by atoms with E-state index in [0.717, 1.165) is 6.42 Å². The van der Waals surface area contributed by atoms with E-state index in [0.29, 0.717) is 32.5 Å². The van der Waals surface area contributed by atoms with E-state index in [9.17, 15) is 14.7 Å². The average molecular weight is 299 g/mol. The van der Waals surface area contributed by atoms with Crippen molar-refractivity contribution in [3.8, 4) is 0 Å². The Balaban J connectivity index is 1.97. The van der Waals surface area contributed by atoms with E-state index < -0.39 is 23.1 Å². The topological polar surface area (TPSA) is 84.9 Å². The minimum absolute atomic E-state index is 0.0421. The summed E-state index contributed by atoms with van der Waals surface area (Å²) in [6.45, 7) is 6.55. The first-order valence-corrected chi connectivity index (χ1v) is 7.53. The number of carboxylic acids is 1. The van der Waals surface area contributed by atoms with Gasteiger partial charge >= 0.3 is 12.1 Å². The van der Waals surface area contributed by atoms with E-state index in [1.54, 1.807) is 20.8 Å². The van der Waals surface area contributed by atoms with Crippen LogP contribution in [-0.2, 0) is 14.3 Å². The zero-order valence-electron chi connectivity index (χ0n) is 13.0. The highest BCUT2D eigenvalue weighted by molar-refractivity contribution is 5.76. The Bertz CT molecular complexity index is 411. The summed E-state index contributed by atoms with van der Waals surface area (Å²) in [6, 6.07) is -0.142. The Morgan fingerprint density at radius 3 is 2.57 bits per heavy atom. The molecule has 1 amide bonds. The molecular weight excluding hydrogens is 274 g/mol. The summed E-state index contributed by atoms with van der Waals surface area (Å²) >= 11 is 0. The summed E-state index contributed by atoms with van der Waals surface area (Å²) in [5, 5.41) is 12.5. The Kier molecular flexibility index (Phi) is 4.46. The van der Waals surface area contributed by atoms with Gasteiger partial charge in [-0.15, -0.1) is 0 Å². The Hall–Kier alpha value is -1.30. The number of alkyl carbamates (subject to hydrolysis) is 1. The lowest BCUT2D eigenvalue weighted by atomic mass is 9.73. The second-order valence-corrected chi connectivity index (χ2v) is 7.11. The van der Waals surface area contributed by atoms with E-state index in [2.05, 4.69) is 5.32 Å². The van der Waals surface area contributed by atoms with Crippen LogP contribution in [0.2, 0.25) is 0 Å². The maximum Gasteiger partial charge on any atom is 0.407 e. The van der Waals surface area contributed by atoms with Gasteiger partial charge in [-0.1, -0.05) is 0 Å². The standard InChI is InChI=1S/C15H25NO5/c1-14(2,3)21-13(19)16-11-4-6-15(8-11,12(17)18)10-5-7-20-9-10/h10-11H,4-9H2,1-3H3,(H,16,19)(H,17,18)/t10-,11+,15-/m0/s1. The van der Waals surface area contributed by atoms with Gasteiger partial charge in [0, 0.05) is 18.6 Å². The van der Waals surface area contributed by atoms with Crippen molar-refractivity contribution in [1.82, 2.24) is 5.32 Å². The van der Waals surface area contributed by atoms with Gasteiger partial charge in [0.1, 0.15) is 5.60 Å². The van der Waals surface area contributed by atoms with E-state index >= 15 is 0 Å². The van der Waals surface area contributed by atoms with Gasteiger partial charge in [-0.2, -0.15) is 0 Å². The van der Waals surface area contributed by atoms with Crippen LogP contribution in [0.3, 0.4) is 0 Å². The summed E-state index contributed by atoms with van der Waals surface area (Å²) in [5.41, 5.74) is -1.32. The lowest BCUT2D eigenvalue weighted by Crippen LogP contribution is -2.41. The molecule has 0 spiro atoms. The fourth-order valence-electron chi connectivity index (χ4n) is 3.38. The summed E-state index contributed by atoms with van der Waals surface area (Å²) in [4.78, 5) is 23.6. The molecule has 2 fully saturated rings. The molecule has 0 bridgehead atoms. The molecule has 0 unspecified atom stereocenters. The normalized spacial score (nSPS) is 32.9. The molecule has 6 heteroatoms. The van der Waals surface area contributed by atoms with Gasteiger partial charge in [-0.25, -0.2) is 4.79 Å². The number of carbonyl (C=O) groups is 2. The third-order valence-corrected chi connectivity index (χ3v) is 4.41. The maximum absolute atomic E-state index is 11.8. The molecule has 2 N–H and O–H groups in total. The summed E-state index contributed by atoms with van der Waals surface area (Å²) in [6.07, 6.45) is 2.01. The van der Waals surface area contributed by atoms with Crippen molar-refractivity contribution >= 4 is 12.1 Å². The first-order valence-electron chi connectivity index (χ1n) is 7.53. The van der Waals surface area contributed by atoms with Crippen molar-refractivity contribution in [3.63, 3.8) is 0 Å². The quantitative estimate of drug-likeness (QED) is 0.834. The minimum Gasteiger partial charge on any atom is -0.481 e. The number of carbonyl (C=O) groups excluding carboxylic acids is 1. The first-order chi connectivity index (χ1) is 9.73. The predicted octanol–water partition coefficient (Wildman–Crippen LogP) is 2.17. The molecule has 0 aromatic rings. The molecule has 21 heavy (non-hydrogen) atoms. The fraction of sp³-hybridized carbons (Fsp3) is 0.867. The SMILES string of the molecule is CC(C)(C)OC(=O)N[C@@H]1CC[C@@](C(=O)O)([C@H]2CCOC2)C1. The van der Waals surface area contributed by atoms with Crippen LogP contribution in [0.25, 0.3) is 0 Å². The number of nitrogens with one attached hydrogen (secondary N) is 1. The van der Waals surface area contributed by atoms with Crippen molar-refractivity contribution in [2.75, 3.05) is 13.2 Å². The molecular formula is C15H25NO5. The lowest BCUT2D eigenvalue weighted by Gasteiger charge is -2.30. The molecule has 0 radical (unpaired) electrons. The smallest absolute Gasteiger partial charge is 0.407 e. The number of amides is 1. The highest BCUT2D eigenvalue weighted by Gasteiger charge is 2.52. The second-order valence-electron chi connectivity index (χ2n) is 7.11.